The van der Waals surface area contributed by atoms with Crippen LogP contribution in [-0.4, -0.2) is 54.5 Å². The lowest BCUT2D eigenvalue weighted by atomic mass is 9.97. The molecule has 0 radical (unpaired) electrons. The zero-order chi connectivity index (χ0) is 23.7. The molecule has 2 amide bonds. The summed E-state index contributed by atoms with van der Waals surface area (Å²) < 4.78 is 10.8. The molecule has 0 spiro atoms. The summed E-state index contributed by atoms with van der Waals surface area (Å²) >= 11 is 0. The summed E-state index contributed by atoms with van der Waals surface area (Å²) in [5.74, 6) is -1.40. The van der Waals surface area contributed by atoms with Gasteiger partial charge in [0.1, 0.15) is 12.6 Å². The number of carbonyl (C=O) groups excluding carboxylic acids is 2. The maximum Gasteiger partial charge on any atom is 0.407 e. The number of rotatable bonds is 8. The number of carboxylic acid groups (broad SMARTS) is 1. The highest BCUT2D eigenvalue weighted by Gasteiger charge is 2.45. The standard InChI is InChI=1S/C26H28N2O6/c29-23(28-26(24(30)31)11-12-33-15-26)22(13-16-9-10-16)27-25(32)34-14-21-19-7-3-1-5-17(19)18-6-2-4-8-20(18)21/h1-8,16,21-22H,9-15H2,(H,27,32)(H,28,29)(H,30,31)/t22-,26?/m0/s1. The molecule has 5 rings (SSSR count). The Hall–Kier alpha value is -3.39. The molecule has 2 atom stereocenters. The minimum absolute atomic E-state index is 0.0835. The molecule has 178 valence electrons. The number of amides is 2. The Bertz CT molecular complexity index is 1060. The second kappa shape index (κ2) is 9.10. The van der Waals surface area contributed by atoms with Crippen molar-refractivity contribution in [2.75, 3.05) is 19.8 Å². The summed E-state index contributed by atoms with van der Waals surface area (Å²) in [5.41, 5.74) is 3.02. The Morgan fingerprint density at radius 2 is 1.71 bits per heavy atom. The lowest BCUT2D eigenvalue weighted by Crippen LogP contribution is -2.60. The Labute approximate surface area is 197 Å². The van der Waals surface area contributed by atoms with Gasteiger partial charge in [0.2, 0.25) is 5.91 Å². The predicted octanol–water partition coefficient (Wildman–Crippen LogP) is 3.05. The van der Waals surface area contributed by atoms with Gasteiger partial charge >= 0.3 is 12.1 Å². The van der Waals surface area contributed by atoms with Gasteiger partial charge in [0.25, 0.3) is 0 Å². The van der Waals surface area contributed by atoms with Crippen LogP contribution in [0.4, 0.5) is 4.79 Å². The van der Waals surface area contributed by atoms with Gasteiger partial charge in [-0.2, -0.15) is 0 Å². The largest absolute Gasteiger partial charge is 0.479 e. The van der Waals surface area contributed by atoms with Crippen LogP contribution < -0.4 is 10.6 Å². The lowest BCUT2D eigenvalue weighted by Gasteiger charge is -2.27. The van der Waals surface area contributed by atoms with E-state index in [1.165, 1.54) is 0 Å². The summed E-state index contributed by atoms with van der Waals surface area (Å²) in [6, 6.07) is 15.3. The summed E-state index contributed by atoms with van der Waals surface area (Å²) in [4.78, 5) is 37.5. The van der Waals surface area contributed by atoms with Crippen molar-refractivity contribution in [1.82, 2.24) is 10.6 Å². The summed E-state index contributed by atoms with van der Waals surface area (Å²) in [6.07, 6.45) is 1.93. The lowest BCUT2D eigenvalue weighted by molar-refractivity contribution is -0.148. The SMILES string of the molecule is O=C(N[C@@H](CC1CC1)C(=O)NC1(C(=O)O)CCOC1)OCC1c2ccccc2-c2ccccc21. The van der Waals surface area contributed by atoms with Gasteiger partial charge in [-0.1, -0.05) is 61.4 Å². The topological polar surface area (TPSA) is 114 Å². The number of carbonyl (C=O) groups is 3. The summed E-state index contributed by atoms with van der Waals surface area (Å²) in [5, 5.41) is 14.9. The molecule has 1 saturated heterocycles. The van der Waals surface area contributed by atoms with Crippen molar-refractivity contribution in [1.29, 1.82) is 0 Å². The van der Waals surface area contributed by atoms with Crippen LogP contribution in [0.2, 0.25) is 0 Å². The number of aliphatic carboxylic acids is 1. The molecule has 8 nitrogen and oxygen atoms in total. The molecule has 0 aromatic heterocycles. The molecular formula is C26H28N2O6. The molecule has 1 unspecified atom stereocenters. The van der Waals surface area contributed by atoms with Crippen LogP contribution in [0.15, 0.2) is 48.5 Å². The number of alkyl carbamates (subject to hydrolysis) is 1. The number of nitrogens with one attached hydrogen (secondary N) is 2. The molecular weight excluding hydrogens is 436 g/mol. The zero-order valence-corrected chi connectivity index (χ0v) is 18.8. The van der Waals surface area contributed by atoms with Gasteiger partial charge in [-0.15, -0.1) is 0 Å². The Balaban J connectivity index is 1.25. The molecule has 34 heavy (non-hydrogen) atoms. The monoisotopic (exact) mass is 464 g/mol. The van der Waals surface area contributed by atoms with Crippen LogP contribution in [0.25, 0.3) is 11.1 Å². The highest BCUT2D eigenvalue weighted by molar-refractivity contribution is 5.91. The fourth-order valence-corrected chi connectivity index (χ4v) is 4.91. The van der Waals surface area contributed by atoms with E-state index in [9.17, 15) is 19.5 Å². The smallest absolute Gasteiger partial charge is 0.407 e. The van der Waals surface area contributed by atoms with E-state index in [1.807, 2.05) is 36.4 Å². The fraction of sp³-hybridized carbons (Fsp3) is 0.423. The maximum absolute atomic E-state index is 13.0. The number of ether oxygens (including phenoxy) is 2. The first-order valence-corrected chi connectivity index (χ1v) is 11.7. The van der Waals surface area contributed by atoms with Crippen molar-refractivity contribution >= 4 is 18.0 Å². The van der Waals surface area contributed by atoms with Crippen LogP contribution in [0.5, 0.6) is 0 Å². The second-order valence-electron chi connectivity index (χ2n) is 9.38. The van der Waals surface area contributed by atoms with E-state index in [-0.39, 0.29) is 32.2 Å². The van der Waals surface area contributed by atoms with E-state index < -0.39 is 29.6 Å². The number of benzene rings is 2. The zero-order valence-electron chi connectivity index (χ0n) is 18.8. The molecule has 2 fully saturated rings. The molecule has 3 aliphatic rings. The van der Waals surface area contributed by atoms with E-state index in [1.54, 1.807) is 0 Å². The molecule has 2 aliphatic carbocycles. The predicted molar refractivity (Wildman–Crippen MR) is 123 cm³/mol. The van der Waals surface area contributed by atoms with Crippen molar-refractivity contribution < 1.29 is 29.0 Å². The fourth-order valence-electron chi connectivity index (χ4n) is 4.91. The number of carboxylic acids is 1. The maximum atomic E-state index is 13.0. The highest BCUT2D eigenvalue weighted by Crippen LogP contribution is 2.44. The summed E-state index contributed by atoms with van der Waals surface area (Å²) in [6.45, 7) is 0.319. The van der Waals surface area contributed by atoms with E-state index in [2.05, 4.69) is 22.8 Å². The van der Waals surface area contributed by atoms with Crippen LogP contribution in [-0.2, 0) is 19.1 Å². The van der Waals surface area contributed by atoms with Gasteiger partial charge in [0, 0.05) is 18.9 Å². The first-order valence-electron chi connectivity index (χ1n) is 11.7. The first kappa shape index (κ1) is 22.4. The highest BCUT2D eigenvalue weighted by atomic mass is 16.5. The normalized spacial score (nSPS) is 21.9. The quantitative estimate of drug-likeness (QED) is 0.553. The average molecular weight is 465 g/mol. The Morgan fingerprint density at radius 1 is 1.06 bits per heavy atom. The third-order valence-electron chi connectivity index (χ3n) is 7.01. The number of hydrogen-bond acceptors (Lipinski definition) is 5. The van der Waals surface area contributed by atoms with Crippen LogP contribution in [0.3, 0.4) is 0 Å². The molecule has 0 bridgehead atoms. The van der Waals surface area contributed by atoms with Crippen LogP contribution >= 0.6 is 0 Å². The molecule has 2 aromatic carbocycles. The Kier molecular flexibility index (Phi) is 6.00. The van der Waals surface area contributed by atoms with E-state index in [0.717, 1.165) is 35.1 Å². The van der Waals surface area contributed by atoms with Gasteiger partial charge in [-0.3, -0.25) is 4.79 Å². The van der Waals surface area contributed by atoms with Crippen molar-refractivity contribution in [3.63, 3.8) is 0 Å². The second-order valence-corrected chi connectivity index (χ2v) is 9.38. The van der Waals surface area contributed by atoms with Gasteiger partial charge < -0.3 is 25.2 Å². The van der Waals surface area contributed by atoms with Crippen LogP contribution in [0.1, 0.15) is 42.7 Å². The molecule has 3 N–H and O–H groups in total. The van der Waals surface area contributed by atoms with E-state index >= 15 is 0 Å². The van der Waals surface area contributed by atoms with Crippen molar-refractivity contribution in [2.45, 2.75) is 43.2 Å². The Morgan fingerprint density at radius 3 is 2.26 bits per heavy atom. The minimum atomic E-state index is -1.46. The molecule has 2 aromatic rings. The van der Waals surface area contributed by atoms with Crippen molar-refractivity contribution in [2.24, 2.45) is 5.92 Å². The molecule has 1 saturated carbocycles. The van der Waals surface area contributed by atoms with Crippen molar-refractivity contribution in [3.8, 4) is 11.1 Å². The van der Waals surface area contributed by atoms with Gasteiger partial charge in [0.15, 0.2) is 5.54 Å². The van der Waals surface area contributed by atoms with Gasteiger partial charge in [-0.05, 0) is 34.6 Å². The average Bonchev–Trinajstić information content (AvgIpc) is 3.42. The number of hydrogen-bond donors (Lipinski definition) is 3. The third-order valence-corrected chi connectivity index (χ3v) is 7.01. The molecule has 1 aliphatic heterocycles. The van der Waals surface area contributed by atoms with E-state index in [0.29, 0.717) is 12.3 Å². The summed E-state index contributed by atoms with van der Waals surface area (Å²) in [7, 11) is 0. The first-order chi connectivity index (χ1) is 16.5. The van der Waals surface area contributed by atoms with Crippen molar-refractivity contribution in [3.05, 3.63) is 59.7 Å². The molecule has 8 heteroatoms. The van der Waals surface area contributed by atoms with Gasteiger partial charge in [-0.25, -0.2) is 9.59 Å². The molecule has 1 heterocycles. The number of fused-ring (bicyclic) bond motifs is 3. The van der Waals surface area contributed by atoms with E-state index in [4.69, 9.17) is 9.47 Å². The minimum Gasteiger partial charge on any atom is -0.479 e. The third kappa shape index (κ3) is 4.37. The van der Waals surface area contributed by atoms with Crippen LogP contribution in [0, 0.1) is 5.92 Å². The van der Waals surface area contributed by atoms with Gasteiger partial charge in [0.05, 0.1) is 6.61 Å².